The van der Waals surface area contributed by atoms with Gasteiger partial charge in [0.15, 0.2) is 0 Å². The second kappa shape index (κ2) is 8.60. The average molecular weight is 385 g/mol. The van der Waals surface area contributed by atoms with Gasteiger partial charge in [-0.2, -0.15) is 0 Å². The SMILES string of the molecule is CCOc1cc2c(cc1CNC(=O)CNc1cccc([N+](=O)[O-])c1)O[C@H](C)C2. The van der Waals surface area contributed by atoms with Crippen LogP contribution in [0.2, 0.25) is 0 Å². The lowest BCUT2D eigenvalue weighted by Gasteiger charge is -2.14. The van der Waals surface area contributed by atoms with Gasteiger partial charge in [-0.1, -0.05) is 6.07 Å². The van der Waals surface area contributed by atoms with Gasteiger partial charge in [0.1, 0.15) is 17.6 Å². The van der Waals surface area contributed by atoms with Crippen molar-refractivity contribution in [2.75, 3.05) is 18.5 Å². The van der Waals surface area contributed by atoms with Gasteiger partial charge in [0.25, 0.3) is 5.69 Å². The molecule has 8 nitrogen and oxygen atoms in total. The molecule has 1 heterocycles. The van der Waals surface area contributed by atoms with E-state index >= 15 is 0 Å². The van der Waals surface area contributed by atoms with E-state index in [2.05, 4.69) is 10.6 Å². The molecule has 8 heteroatoms. The molecular weight excluding hydrogens is 362 g/mol. The molecule has 0 spiro atoms. The molecule has 0 aliphatic carbocycles. The molecule has 1 atom stereocenters. The van der Waals surface area contributed by atoms with Crippen molar-refractivity contribution >= 4 is 17.3 Å². The van der Waals surface area contributed by atoms with Crippen LogP contribution in [0.15, 0.2) is 36.4 Å². The van der Waals surface area contributed by atoms with Gasteiger partial charge in [-0.15, -0.1) is 0 Å². The van der Waals surface area contributed by atoms with Crippen LogP contribution >= 0.6 is 0 Å². The molecule has 0 saturated carbocycles. The van der Waals surface area contributed by atoms with Crippen LogP contribution in [0.4, 0.5) is 11.4 Å². The summed E-state index contributed by atoms with van der Waals surface area (Å²) in [6.07, 6.45) is 0.975. The summed E-state index contributed by atoms with van der Waals surface area (Å²) in [7, 11) is 0. The molecule has 2 N–H and O–H groups in total. The third kappa shape index (κ3) is 4.70. The number of amides is 1. The van der Waals surface area contributed by atoms with Crippen molar-refractivity contribution < 1.29 is 19.2 Å². The van der Waals surface area contributed by atoms with Gasteiger partial charge >= 0.3 is 0 Å². The Hall–Kier alpha value is -3.29. The number of non-ortho nitro benzene ring substituents is 1. The Morgan fingerprint density at radius 3 is 2.93 bits per heavy atom. The van der Waals surface area contributed by atoms with Gasteiger partial charge in [-0.25, -0.2) is 0 Å². The van der Waals surface area contributed by atoms with E-state index in [0.29, 0.717) is 18.8 Å². The molecule has 2 aromatic rings. The van der Waals surface area contributed by atoms with Crippen molar-refractivity contribution in [1.29, 1.82) is 0 Å². The molecule has 1 amide bonds. The maximum Gasteiger partial charge on any atom is 0.271 e. The lowest BCUT2D eigenvalue weighted by Crippen LogP contribution is -2.29. The molecule has 1 aliphatic rings. The summed E-state index contributed by atoms with van der Waals surface area (Å²) in [4.78, 5) is 22.5. The number of nitrogens with one attached hydrogen (secondary N) is 2. The minimum Gasteiger partial charge on any atom is -0.494 e. The van der Waals surface area contributed by atoms with Crippen molar-refractivity contribution in [3.63, 3.8) is 0 Å². The molecule has 0 unspecified atom stereocenters. The smallest absolute Gasteiger partial charge is 0.271 e. The number of carbonyl (C=O) groups excluding carboxylic acids is 1. The Kier molecular flexibility index (Phi) is 5.98. The molecule has 0 saturated heterocycles. The van der Waals surface area contributed by atoms with Crippen LogP contribution in [0.5, 0.6) is 11.5 Å². The average Bonchev–Trinajstić information content (AvgIpc) is 3.03. The zero-order chi connectivity index (χ0) is 20.1. The van der Waals surface area contributed by atoms with Crippen molar-refractivity contribution in [2.45, 2.75) is 32.9 Å². The van der Waals surface area contributed by atoms with Crippen LogP contribution in [0.1, 0.15) is 25.0 Å². The van der Waals surface area contributed by atoms with Crippen molar-refractivity contribution in [3.8, 4) is 11.5 Å². The number of nitrogens with zero attached hydrogens (tertiary/aromatic N) is 1. The molecule has 0 fully saturated rings. The number of carbonyl (C=O) groups is 1. The second-order valence-corrected chi connectivity index (χ2v) is 6.57. The Bertz CT molecular complexity index is 884. The lowest BCUT2D eigenvalue weighted by molar-refractivity contribution is -0.384. The molecule has 148 valence electrons. The standard InChI is InChI=1S/C20H23N3O5/c1-3-27-18-8-14-7-13(2)28-19(14)9-15(18)11-22-20(24)12-21-16-5-4-6-17(10-16)23(25)26/h4-6,8-10,13,21H,3,7,11-12H2,1-2H3,(H,22,24)/t13-/m1/s1. The van der Waals surface area contributed by atoms with Crippen molar-refractivity contribution in [3.05, 3.63) is 57.6 Å². The topological polar surface area (TPSA) is 103 Å². The van der Waals surface area contributed by atoms with Crippen LogP contribution in [0.25, 0.3) is 0 Å². The maximum atomic E-state index is 12.2. The number of nitro benzene ring substituents is 1. The Balaban J connectivity index is 1.59. The van der Waals surface area contributed by atoms with Crippen LogP contribution in [0, 0.1) is 10.1 Å². The summed E-state index contributed by atoms with van der Waals surface area (Å²) >= 11 is 0. The Morgan fingerprint density at radius 2 is 2.18 bits per heavy atom. The monoisotopic (exact) mass is 385 g/mol. The van der Waals surface area contributed by atoms with Gasteiger partial charge in [0.2, 0.25) is 5.91 Å². The molecule has 0 aromatic heterocycles. The Labute approximate surface area is 163 Å². The molecule has 0 radical (unpaired) electrons. The van der Waals surface area contributed by atoms with Gasteiger partial charge in [0, 0.05) is 41.9 Å². The van der Waals surface area contributed by atoms with E-state index < -0.39 is 4.92 Å². The van der Waals surface area contributed by atoms with E-state index in [-0.39, 0.29) is 24.2 Å². The second-order valence-electron chi connectivity index (χ2n) is 6.57. The third-order valence-electron chi connectivity index (χ3n) is 4.37. The highest BCUT2D eigenvalue weighted by Gasteiger charge is 2.22. The fourth-order valence-electron chi connectivity index (χ4n) is 3.08. The number of nitro groups is 1. The van der Waals surface area contributed by atoms with Crippen LogP contribution < -0.4 is 20.1 Å². The lowest BCUT2D eigenvalue weighted by atomic mass is 10.1. The van der Waals surface area contributed by atoms with E-state index in [0.717, 1.165) is 29.0 Å². The largest absolute Gasteiger partial charge is 0.494 e. The predicted molar refractivity (Wildman–Crippen MR) is 105 cm³/mol. The fourth-order valence-corrected chi connectivity index (χ4v) is 3.08. The highest BCUT2D eigenvalue weighted by Crippen LogP contribution is 2.35. The molecular formula is C20H23N3O5. The minimum absolute atomic E-state index is 0.00358. The summed E-state index contributed by atoms with van der Waals surface area (Å²) in [6, 6.07) is 9.92. The number of ether oxygens (including phenoxy) is 2. The number of anilines is 1. The molecule has 1 aliphatic heterocycles. The summed E-state index contributed by atoms with van der Waals surface area (Å²) in [5, 5.41) is 16.5. The number of hydrogen-bond donors (Lipinski definition) is 2. The summed E-state index contributed by atoms with van der Waals surface area (Å²) in [5.41, 5.74) is 2.44. The zero-order valence-electron chi connectivity index (χ0n) is 15.9. The van der Waals surface area contributed by atoms with Crippen molar-refractivity contribution in [2.24, 2.45) is 0 Å². The number of fused-ring (bicyclic) bond motifs is 1. The van der Waals surface area contributed by atoms with Crippen LogP contribution in [-0.2, 0) is 17.8 Å². The predicted octanol–water partition coefficient (Wildman–Crippen LogP) is 3.05. The fraction of sp³-hybridized carbons (Fsp3) is 0.350. The first kappa shape index (κ1) is 19.5. The van der Waals surface area contributed by atoms with Crippen LogP contribution in [0.3, 0.4) is 0 Å². The van der Waals surface area contributed by atoms with Gasteiger partial charge in [0.05, 0.1) is 18.1 Å². The van der Waals surface area contributed by atoms with E-state index in [4.69, 9.17) is 9.47 Å². The summed E-state index contributed by atoms with van der Waals surface area (Å²) in [6.45, 7) is 4.77. The normalized spacial score (nSPS) is 14.7. The van der Waals surface area contributed by atoms with Gasteiger partial charge < -0.3 is 20.1 Å². The molecule has 2 aromatic carbocycles. The maximum absolute atomic E-state index is 12.2. The molecule has 0 bridgehead atoms. The minimum atomic E-state index is -0.475. The molecule has 3 rings (SSSR count). The third-order valence-corrected chi connectivity index (χ3v) is 4.37. The quantitative estimate of drug-likeness (QED) is 0.535. The first-order valence-corrected chi connectivity index (χ1v) is 9.16. The first-order valence-electron chi connectivity index (χ1n) is 9.16. The van der Waals surface area contributed by atoms with Crippen molar-refractivity contribution in [1.82, 2.24) is 5.32 Å². The first-order chi connectivity index (χ1) is 13.5. The van der Waals surface area contributed by atoms with Gasteiger partial charge in [-0.05, 0) is 32.0 Å². The van der Waals surface area contributed by atoms with E-state index in [9.17, 15) is 14.9 Å². The highest BCUT2D eigenvalue weighted by atomic mass is 16.6. The highest BCUT2D eigenvalue weighted by molar-refractivity contribution is 5.80. The summed E-state index contributed by atoms with van der Waals surface area (Å²) < 4.78 is 11.5. The Morgan fingerprint density at radius 1 is 1.36 bits per heavy atom. The number of hydrogen-bond acceptors (Lipinski definition) is 6. The van der Waals surface area contributed by atoms with Gasteiger partial charge in [-0.3, -0.25) is 14.9 Å². The van der Waals surface area contributed by atoms with E-state index in [1.165, 1.54) is 12.1 Å². The zero-order valence-corrected chi connectivity index (χ0v) is 15.9. The van der Waals surface area contributed by atoms with Crippen LogP contribution in [-0.4, -0.2) is 30.1 Å². The van der Waals surface area contributed by atoms with E-state index in [1.807, 2.05) is 26.0 Å². The van der Waals surface area contributed by atoms with E-state index in [1.54, 1.807) is 12.1 Å². The molecule has 28 heavy (non-hydrogen) atoms. The summed E-state index contributed by atoms with van der Waals surface area (Å²) in [5.74, 6) is 1.34. The number of rotatable bonds is 8. The number of benzene rings is 2.